The Hall–Kier alpha value is -2.47. The van der Waals surface area contributed by atoms with Gasteiger partial charge in [0.1, 0.15) is 11.6 Å². The minimum Gasteiger partial charge on any atom is -0.354 e. The van der Waals surface area contributed by atoms with Crippen molar-refractivity contribution in [2.24, 2.45) is 4.99 Å². The first-order valence-electron chi connectivity index (χ1n) is 8.52. The third-order valence-electron chi connectivity index (χ3n) is 4.23. The van der Waals surface area contributed by atoms with E-state index in [1.807, 2.05) is 31.1 Å². The van der Waals surface area contributed by atoms with Crippen LogP contribution in [0.2, 0.25) is 0 Å². The highest BCUT2D eigenvalue weighted by Gasteiger charge is 2.15. The second-order valence-electron chi connectivity index (χ2n) is 6.42. The minimum atomic E-state index is -0.247. The number of hydrogen-bond donors (Lipinski definition) is 2. The number of hydrogen-bond acceptors (Lipinski definition) is 2. The van der Waals surface area contributed by atoms with E-state index in [1.54, 1.807) is 32.2 Å². The fourth-order valence-electron chi connectivity index (χ4n) is 2.73. The molecule has 26 heavy (non-hydrogen) atoms. The fourth-order valence-corrected chi connectivity index (χ4v) is 2.73. The van der Waals surface area contributed by atoms with Crippen LogP contribution in [0.3, 0.4) is 0 Å². The lowest BCUT2D eigenvalue weighted by molar-refractivity contribution is 0.297. The third kappa shape index (κ3) is 5.52. The molecule has 140 valence electrons. The average molecular weight is 360 g/mol. The monoisotopic (exact) mass is 360 g/mol. The van der Waals surface area contributed by atoms with Gasteiger partial charge in [0.15, 0.2) is 5.96 Å². The minimum absolute atomic E-state index is 0.00249. The van der Waals surface area contributed by atoms with Crippen molar-refractivity contribution in [1.82, 2.24) is 15.5 Å². The van der Waals surface area contributed by atoms with Crippen molar-refractivity contribution in [2.45, 2.75) is 19.5 Å². The molecule has 0 aliphatic carbocycles. The van der Waals surface area contributed by atoms with Gasteiger partial charge in [0, 0.05) is 20.1 Å². The van der Waals surface area contributed by atoms with Crippen LogP contribution in [0.15, 0.2) is 47.5 Å². The molecule has 0 aliphatic heterocycles. The summed E-state index contributed by atoms with van der Waals surface area (Å²) in [6, 6.07) is 11.6. The molecule has 1 atom stereocenters. The summed E-state index contributed by atoms with van der Waals surface area (Å²) in [7, 11) is 5.60. The zero-order valence-corrected chi connectivity index (χ0v) is 15.7. The highest BCUT2D eigenvalue weighted by Crippen LogP contribution is 2.18. The molecule has 0 amide bonds. The van der Waals surface area contributed by atoms with E-state index in [0.29, 0.717) is 24.6 Å². The molecule has 6 heteroatoms. The normalized spacial score (nSPS) is 13.0. The molecule has 0 saturated heterocycles. The van der Waals surface area contributed by atoms with Crippen molar-refractivity contribution in [2.75, 3.05) is 27.7 Å². The van der Waals surface area contributed by atoms with Crippen LogP contribution in [0.5, 0.6) is 0 Å². The zero-order valence-electron chi connectivity index (χ0n) is 15.7. The number of guanidine groups is 1. The van der Waals surface area contributed by atoms with E-state index in [-0.39, 0.29) is 17.7 Å². The Morgan fingerprint density at radius 1 is 1.12 bits per heavy atom. The summed E-state index contributed by atoms with van der Waals surface area (Å²) in [5.74, 6) is 0.180. The smallest absolute Gasteiger partial charge is 0.191 e. The van der Waals surface area contributed by atoms with E-state index >= 15 is 0 Å². The molecule has 2 rings (SSSR count). The largest absolute Gasteiger partial charge is 0.354 e. The molecular formula is C20H26F2N4. The molecule has 0 radical (unpaired) electrons. The first-order chi connectivity index (χ1) is 12.4. The predicted molar refractivity (Wildman–Crippen MR) is 102 cm³/mol. The number of halogens is 2. The van der Waals surface area contributed by atoms with Crippen LogP contribution in [0.4, 0.5) is 8.78 Å². The summed E-state index contributed by atoms with van der Waals surface area (Å²) >= 11 is 0. The number of aliphatic imine (C=N–C) groups is 1. The van der Waals surface area contributed by atoms with Gasteiger partial charge in [0.2, 0.25) is 0 Å². The van der Waals surface area contributed by atoms with Crippen molar-refractivity contribution in [3.63, 3.8) is 0 Å². The van der Waals surface area contributed by atoms with Crippen LogP contribution in [0.1, 0.15) is 22.7 Å². The Morgan fingerprint density at radius 2 is 1.88 bits per heavy atom. The molecule has 0 spiro atoms. The van der Waals surface area contributed by atoms with Crippen LogP contribution in [0.25, 0.3) is 0 Å². The lowest BCUT2D eigenvalue weighted by Gasteiger charge is -2.26. The lowest BCUT2D eigenvalue weighted by atomic mass is 10.1. The molecule has 2 aromatic carbocycles. The van der Waals surface area contributed by atoms with E-state index in [9.17, 15) is 8.78 Å². The Kier molecular flexibility index (Phi) is 7.09. The predicted octanol–water partition coefficient (Wildman–Crippen LogP) is 3.24. The SMILES string of the molecule is CN=C(NCc1ccc(F)c(C)c1)NCC(c1cccc(F)c1)N(C)C. The number of rotatable bonds is 6. The first-order valence-corrected chi connectivity index (χ1v) is 8.52. The summed E-state index contributed by atoms with van der Waals surface area (Å²) in [6.07, 6.45) is 0. The molecule has 4 nitrogen and oxygen atoms in total. The van der Waals surface area contributed by atoms with Crippen LogP contribution in [0, 0.1) is 18.6 Å². The van der Waals surface area contributed by atoms with Gasteiger partial charge >= 0.3 is 0 Å². The lowest BCUT2D eigenvalue weighted by Crippen LogP contribution is -2.41. The van der Waals surface area contributed by atoms with Crippen LogP contribution >= 0.6 is 0 Å². The Balaban J connectivity index is 1.96. The van der Waals surface area contributed by atoms with Gasteiger partial charge in [-0.15, -0.1) is 0 Å². The van der Waals surface area contributed by atoms with E-state index in [2.05, 4.69) is 15.6 Å². The van der Waals surface area contributed by atoms with Crippen LogP contribution in [-0.2, 0) is 6.54 Å². The van der Waals surface area contributed by atoms with Gasteiger partial charge in [-0.2, -0.15) is 0 Å². The quantitative estimate of drug-likeness (QED) is 0.614. The molecule has 2 aromatic rings. The summed E-state index contributed by atoms with van der Waals surface area (Å²) < 4.78 is 26.9. The molecule has 0 bridgehead atoms. The Morgan fingerprint density at radius 3 is 2.50 bits per heavy atom. The van der Waals surface area contributed by atoms with Crippen molar-refractivity contribution in [3.05, 3.63) is 70.8 Å². The summed E-state index contributed by atoms with van der Waals surface area (Å²) in [5.41, 5.74) is 2.49. The maximum atomic E-state index is 13.5. The van der Waals surface area contributed by atoms with Gasteiger partial charge in [-0.25, -0.2) is 8.78 Å². The molecule has 0 aliphatic rings. The van der Waals surface area contributed by atoms with Gasteiger partial charge in [-0.05, 0) is 55.9 Å². The van der Waals surface area contributed by atoms with Crippen LogP contribution < -0.4 is 10.6 Å². The highest BCUT2D eigenvalue weighted by atomic mass is 19.1. The average Bonchev–Trinajstić information content (AvgIpc) is 2.60. The summed E-state index contributed by atoms with van der Waals surface area (Å²) in [6.45, 7) is 2.85. The Labute approximate surface area is 153 Å². The number of benzene rings is 2. The van der Waals surface area contributed by atoms with Gasteiger partial charge < -0.3 is 15.5 Å². The zero-order chi connectivity index (χ0) is 19.1. The number of nitrogens with zero attached hydrogens (tertiary/aromatic N) is 2. The molecule has 0 fully saturated rings. The molecule has 0 saturated carbocycles. The number of likely N-dealkylation sites (N-methyl/N-ethyl adjacent to an activating group) is 1. The first kappa shape index (κ1) is 19.8. The number of aryl methyl sites for hydroxylation is 1. The second-order valence-corrected chi connectivity index (χ2v) is 6.42. The van der Waals surface area contributed by atoms with Crippen molar-refractivity contribution in [3.8, 4) is 0 Å². The van der Waals surface area contributed by atoms with E-state index < -0.39 is 0 Å². The molecule has 0 heterocycles. The Bertz CT molecular complexity index is 759. The molecule has 2 N–H and O–H groups in total. The third-order valence-corrected chi connectivity index (χ3v) is 4.23. The van der Waals surface area contributed by atoms with Crippen molar-refractivity contribution >= 4 is 5.96 Å². The van der Waals surface area contributed by atoms with E-state index in [1.165, 1.54) is 12.1 Å². The number of nitrogens with one attached hydrogen (secondary N) is 2. The van der Waals surface area contributed by atoms with Gasteiger partial charge in [0.25, 0.3) is 0 Å². The van der Waals surface area contributed by atoms with Gasteiger partial charge in [0.05, 0.1) is 6.04 Å². The second kappa shape index (κ2) is 9.29. The maximum absolute atomic E-state index is 13.5. The van der Waals surface area contributed by atoms with E-state index in [4.69, 9.17) is 0 Å². The molecular weight excluding hydrogens is 334 g/mol. The van der Waals surface area contributed by atoms with Gasteiger partial charge in [-0.3, -0.25) is 4.99 Å². The van der Waals surface area contributed by atoms with Crippen LogP contribution in [-0.4, -0.2) is 38.5 Å². The standard InChI is InChI=1S/C20H26F2N4/c1-14-10-15(8-9-18(14)22)12-24-20(23-2)25-13-19(26(3)4)16-6-5-7-17(21)11-16/h5-11,19H,12-13H2,1-4H3,(H2,23,24,25). The fraction of sp³-hybridized carbons (Fsp3) is 0.350. The highest BCUT2D eigenvalue weighted by molar-refractivity contribution is 5.79. The topological polar surface area (TPSA) is 39.7 Å². The van der Waals surface area contributed by atoms with Gasteiger partial charge in [-0.1, -0.05) is 24.3 Å². The van der Waals surface area contributed by atoms with E-state index in [0.717, 1.165) is 11.1 Å². The van der Waals surface area contributed by atoms with Crippen molar-refractivity contribution in [1.29, 1.82) is 0 Å². The van der Waals surface area contributed by atoms with Crippen molar-refractivity contribution < 1.29 is 8.78 Å². The molecule has 1 unspecified atom stereocenters. The summed E-state index contributed by atoms with van der Waals surface area (Å²) in [5, 5.41) is 6.48. The maximum Gasteiger partial charge on any atom is 0.191 e. The molecule has 0 aromatic heterocycles. The summed E-state index contributed by atoms with van der Waals surface area (Å²) in [4.78, 5) is 6.24.